The molecule has 3 heterocycles. The molecule has 2 aromatic heterocycles. The fraction of sp³-hybridized carbons (Fsp3) is 0.192. The van der Waals surface area contributed by atoms with Crippen LogP contribution in [0.5, 0.6) is 0 Å². The third-order valence-electron chi connectivity index (χ3n) is 5.91. The predicted molar refractivity (Wildman–Crippen MR) is 122 cm³/mol. The zero-order valence-corrected chi connectivity index (χ0v) is 17.5. The molecule has 0 aliphatic carbocycles. The Balaban J connectivity index is 1.61. The maximum absolute atomic E-state index is 14.2. The summed E-state index contributed by atoms with van der Waals surface area (Å²) in [7, 11) is 0. The third-order valence-corrected chi connectivity index (χ3v) is 6.61. The van der Waals surface area contributed by atoms with Crippen molar-refractivity contribution in [2.75, 3.05) is 6.54 Å². The Morgan fingerprint density at radius 2 is 1.57 bits per heavy atom. The molecule has 2 aromatic carbocycles. The number of carbonyl (C=O) groups excluding carboxylic acids is 1. The molecule has 0 bridgehead atoms. The van der Waals surface area contributed by atoms with E-state index in [-0.39, 0.29) is 17.9 Å². The van der Waals surface area contributed by atoms with Crippen molar-refractivity contribution in [2.45, 2.75) is 24.9 Å². The zero-order chi connectivity index (χ0) is 20.3. The molecule has 0 fully saturated rings. The van der Waals surface area contributed by atoms with Gasteiger partial charge in [-0.25, -0.2) is 0 Å². The smallest absolute Gasteiger partial charge is 0.235 e. The average molecular weight is 413 g/mol. The van der Waals surface area contributed by atoms with E-state index in [2.05, 4.69) is 68.9 Å². The van der Waals surface area contributed by atoms with Crippen LogP contribution in [0.3, 0.4) is 0 Å². The summed E-state index contributed by atoms with van der Waals surface area (Å²) in [6.45, 7) is 1.69. The number of nitrogens with zero attached hydrogens (tertiary/aromatic N) is 2. The van der Waals surface area contributed by atoms with Crippen molar-refractivity contribution < 1.29 is 4.79 Å². The standard InChI is InChI=1S/C26H24N2OS/c29-26(24(20-9-3-1-4-10-20)21-11-5-2-6-12-21)28-17-8-16-27-15-7-13-23(27)25(28)22-14-18-30-19-22/h1-7,9-15,18-19,24-25H,8,16-17H2. The van der Waals surface area contributed by atoms with Crippen molar-refractivity contribution in [2.24, 2.45) is 0 Å². The molecule has 1 aliphatic rings. The Hall–Kier alpha value is -3.11. The molecule has 0 saturated heterocycles. The van der Waals surface area contributed by atoms with Crippen molar-refractivity contribution in [1.29, 1.82) is 0 Å². The van der Waals surface area contributed by atoms with Gasteiger partial charge in [0.05, 0.1) is 12.0 Å². The number of carbonyl (C=O) groups is 1. The maximum atomic E-state index is 14.2. The summed E-state index contributed by atoms with van der Waals surface area (Å²) in [5.41, 5.74) is 4.46. The van der Waals surface area contributed by atoms with Crippen LogP contribution < -0.4 is 0 Å². The molecule has 4 heteroatoms. The molecule has 30 heavy (non-hydrogen) atoms. The molecule has 1 aliphatic heterocycles. The topological polar surface area (TPSA) is 25.2 Å². The second kappa shape index (κ2) is 8.33. The van der Waals surface area contributed by atoms with Crippen LogP contribution in [-0.4, -0.2) is 21.9 Å². The van der Waals surface area contributed by atoms with Gasteiger partial charge in [-0.05, 0) is 52.1 Å². The van der Waals surface area contributed by atoms with Gasteiger partial charge in [-0.3, -0.25) is 4.79 Å². The quantitative estimate of drug-likeness (QED) is 0.422. The van der Waals surface area contributed by atoms with E-state index in [9.17, 15) is 4.79 Å². The predicted octanol–water partition coefficient (Wildman–Crippen LogP) is 5.70. The van der Waals surface area contributed by atoms with Crippen LogP contribution in [0, 0.1) is 0 Å². The summed E-state index contributed by atoms with van der Waals surface area (Å²) in [5, 5.41) is 4.27. The normalized spacial score (nSPS) is 16.3. The number of amides is 1. The Kier molecular flexibility index (Phi) is 5.24. The summed E-state index contributed by atoms with van der Waals surface area (Å²) >= 11 is 1.69. The van der Waals surface area contributed by atoms with Crippen LogP contribution in [0.4, 0.5) is 0 Å². The van der Waals surface area contributed by atoms with Gasteiger partial charge in [0.15, 0.2) is 0 Å². The van der Waals surface area contributed by atoms with Gasteiger partial charge in [-0.1, -0.05) is 60.7 Å². The molecule has 1 atom stereocenters. The summed E-state index contributed by atoms with van der Waals surface area (Å²) < 4.78 is 2.30. The Bertz CT molecular complexity index is 1060. The highest BCUT2D eigenvalue weighted by Crippen LogP contribution is 2.37. The van der Waals surface area contributed by atoms with Crippen LogP contribution in [0.25, 0.3) is 0 Å². The molecule has 1 unspecified atom stereocenters. The summed E-state index contributed by atoms with van der Waals surface area (Å²) in [4.78, 5) is 16.3. The molecule has 3 nitrogen and oxygen atoms in total. The lowest BCUT2D eigenvalue weighted by Gasteiger charge is -2.33. The SMILES string of the molecule is O=C(C(c1ccccc1)c1ccccc1)N1CCCn2cccc2C1c1ccsc1. The lowest BCUT2D eigenvalue weighted by molar-refractivity contribution is -0.133. The van der Waals surface area contributed by atoms with E-state index in [1.807, 2.05) is 36.4 Å². The van der Waals surface area contributed by atoms with Crippen molar-refractivity contribution in [1.82, 2.24) is 9.47 Å². The molecular formula is C26H24N2OS. The van der Waals surface area contributed by atoms with E-state index in [0.717, 1.165) is 30.6 Å². The van der Waals surface area contributed by atoms with E-state index in [1.165, 1.54) is 11.3 Å². The Morgan fingerprint density at radius 1 is 0.867 bits per heavy atom. The van der Waals surface area contributed by atoms with Crippen LogP contribution in [0.15, 0.2) is 95.8 Å². The minimum Gasteiger partial charge on any atom is -0.349 e. The molecule has 0 N–H and O–H groups in total. The molecule has 0 spiro atoms. The lowest BCUT2D eigenvalue weighted by Crippen LogP contribution is -2.39. The highest BCUT2D eigenvalue weighted by Gasteiger charge is 2.35. The van der Waals surface area contributed by atoms with Gasteiger partial charge in [0.2, 0.25) is 5.91 Å². The van der Waals surface area contributed by atoms with E-state index in [0.29, 0.717) is 0 Å². The number of thiophene rings is 1. The van der Waals surface area contributed by atoms with Crippen LogP contribution in [0.2, 0.25) is 0 Å². The molecule has 4 aromatic rings. The molecule has 0 saturated carbocycles. The number of fused-ring (bicyclic) bond motifs is 1. The molecule has 5 rings (SSSR count). The van der Waals surface area contributed by atoms with Crippen molar-refractivity contribution in [3.05, 3.63) is 118 Å². The first-order chi connectivity index (χ1) is 14.8. The first kappa shape index (κ1) is 18.9. The maximum Gasteiger partial charge on any atom is 0.235 e. The van der Waals surface area contributed by atoms with E-state index >= 15 is 0 Å². The highest BCUT2D eigenvalue weighted by molar-refractivity contribution is 7.08. The number of benzene rings is 2. The number of hydrogen-bond acceptors (Lipinski definition) is 2. The fourth-order valence-corrected chi connectivity index (χ4v) is 5.21. The Labute approximate surface area is 181 Å². The van der Waals surface area contributed by atoms with Gasteiger partial charge in [0.1, 0.15) is 0 Å². The van der Waals surface area contributed by atoms with E-state index in [4.69, 9.17) is 0 Å². The summed E-state index contributed by atoms with van der Waals surface area (Å²) in [6, 6.07) is 26.7. The lowest BCUT2D eigenvalue weighted by atomic mass is 9.89. The highest BCUT2D eigenvalue weighted by atomic mass is 32.1. The first-order valence-electron chi connectivity index (χ1n) is 10.4. The summed E-state index contributed by atoms with van der Waals surface area (Å²) in [6.07, 6.45) is 3.08. The van der Waals surface area contributed by atoms with Gasteiger partial charge in [-0.2, -0.15) is 11.3 Å². The van der Waals surface area contributed by atoms with Gasteiger partial charge < -0.3 is 9.47 Å². The van der Waals surface area contributed by atoms with Crippen molar-refractivity contribution >= 4 is 17.2 Å². The Morgan fingerprint density at radius 3 is 2.20 bits per heavy atom. The monoisotopic (exact) mass is 412 g/mol. The van der Waals surface area contributed by atoms with E-state index in [1.54, 1.807) is 11.3 Å². The number of hydrogen-bond donors (Lipinski definition) is 0. The second-order valence-electron chi connectivity index (χ2n) is 7.73. The minimum atomic E-state index is -0.310. The second-order valence-corrected chi connectivity index (χ2v) is 8.51. The van der Waals surface area contributed by atoms with Crippen LogP contribution >= 0.6 is 11.3 Å². The molecule has 150 valence electrons. The molecule has 1 amide bonds. The van der Waals surface area contributed by atoms with Gasteiger partial charge in [0.25, 0.3) is 0 Å². The average Bonchev–Trinajstić information content (AvgIpc) is 3.45. The van der Waals surface area contributed by atoms with E-state index < -0.39 is 0 Å². The first-order valence-corrected chi connectivity index (χ1v) is 11.3. The largest absolute Gasteiger partial charge is 0.349 e. The molecular weight excluding hydrogens is 388 g/mol. The number of rotatable bonds is 4. The molecule has 0 radical (unpaired) electrons. The minimum absolute atomic E-state index is 0.0591. The van der Waals surface area contributed by atoms with Gasteiger partial charge >= 0.3 is 0 Å². The van der Waals surface area contributed by atoms with Gasteiger partial charge in [0, 0.05) is 25.0 Å². The van der Waals surface area contributed by atoms with Crippen molar-refractivity contribution in [3.8, 4) is 0 Å². The third kappa shape index (κ3) is 3.48. The fourth-order valence-electron chi connectivity index (χ4n) is 4.53. The van der Waals surface area contributed by atoms with Crippen LogP contribution in [0.1, 0.15) is 40.8 Å². The number of aromatic nitrogens is 1. The van der Waals surface area contributed by atoms with Crippen LogP contribution in [-0.2, 0) is 11.3 Å². The van der Waals surface area contributed by atoms with Gasteiger partial charge in [-0.15, -0.1) is 0 Å². The zero-order valence-electron chi connectivity index (χ0n) is 16.7. The number of aryl methyl sites for hydroxylation is 1. The summed E-state index contributed by atoms with van der Waals surface area (Å²) in [5.74, 6) is -0.145. The van der Waals surface area contributed by atoms with Crippen molar-refractivity contribution in [3.63, 3.8) is 0 Å².